The van der Waals surface area contributed by atoms with Crippen LogP contribution in [0.3, 0.4) is 0 Å². The normalized spacial score (nSPS) is 18.0. The molecule has 1 aliphatic rings. The van der Waals surface area contributed by atoms with Gasteiger partial charge in [-0.05, 0) is 39.1 Å². The van der Waals surface area contributed by atoms with Gasteiger partial charge in [0, 0.05) is 32.4 Å². The summed E-state index contributed by atoms with van der Waals surface area (Å²) in [7, 11) is 2.19. The van der Waals surface area contributed by atoms with Crippen molar-refractivity contribution in [1.29, 1.82) is 0 Å². The second kappa shape index (κ2) is 5.62. The quantitative estimate of drug-likeness (QED) is 0.865. The van der Waals surface area contributed by atoms with Crippen molar-refractivity contribution in [3.05, 3.63) is 48.3 Å². The smallest absolute Gasteiger partial charge is 0.0826 e. The van der Waals surface area contributed by atoms with Crippen molar-refractivity contribution in [3.8, 4) is 5.69 Å². The van der Waals surface area contributed by atoms with Crippen molar-refractivity contribution in [2.45, 2.75) is 19.4 Å². The minimum absolute atomic E-state index is 0.0265. The average Bonchev–Trinajstić information content (AvgIpc) is 2.99. The highest BCUT2D eigenvalue weighted by atomic mass is 15.3. The lowest BCUT2D eigenvalue weighted by atomic mass is 9.97. The number of aromatic nitrogens is 2. The first-order chi connectivity index (χ1) is 10.1. The molecule has 0 saturated carbocycles. The summed E-state index contributed by atoms with van der Waals surface area (Å²) in [6, 6.07) is 12.4. The van der Waals surface area contributed by atoms with Crippen LogP contribution in [0.5, 0.6) is 0 Å². The molecule has 0 bridgehead atoms. The van der Waals surface area contributed by atoms with Crippen molar-refractivity contribution >= 4 is 0 Å². The number of hydrogen-bond donors (Lipinski definition) is 0. The first-order valence-electron chi connectivity index (χ1n) is 7.62. The lowest BCUT2D eigenvalue weighted by Gasteiger charge is -2.42. The molecule has 3 rings (SSSR count). The summed E-state index contributed by atoms with van der Waals surface area (Å²) in [5.74, 6) is 0. The van der Waals surface area contributed by atoms with Gasteiger partial charge in [0.05, 0.1) is 16.9 Å². The van der Waals surface area contributed by atoms with Crippen molar-refractivity contribution in [2.75, 3.05) is 33.2 Å². The molecule has 0 spiro atoms. The van der Waals surface area contributed by atoms with Crippen molar-refractivity contribution in [3.63, 3.8) is 0 Å². The standard InChI is InChI=1S/C17H24N4/c1-17(2,20-13-11-19(3)12-14-20)16-9-10-21(18-16)15-7-5-4-6-8-15/h4-10H,11-14H2,1-3H3. The Balaban J connectivity index is 1.81. The zero-order valence-corrected chi connectivity index (χ0v) is 13.2. The zero-order valence-electron chi connectivity index (χ0n) is 13.2. The number of rotatable bonds is 3. The molecule has 1 aromatic carbocycles. The maximum Gasteiger partial charge on any atom is 0.0826 e. The Labute approximate surface area is 127 Å². The number of para-hydroxylation sites is 1. The lowest BCUT2D eigenvalue weighted by Crippen LogP contribution is -2.52. The first-order valence-corrected chi connectivity index (χ1v) is 7.62. The number of benzene rings is 1. The lowest BCUT2D eigenvalue weighted by molar-refractivity contribution is 0.0578. The summed E-state index contributed by atoms with van der Waals surface area (Å²) in [5.41, 5.74) is 2.22. The molecule has 4 nitrogen and oxygen atoms in total. The van der Waals surface area contributed by atoms with Crippen molar-refractivity contribution in [2.24, 2.45) is 0 Å². The van der Waals surface area contributed by atoms with Crippen molar-refractivity contribution in [1.82, 2.24) is 19.6 Å². The van der Waals surface area contributed by atoms with Gasteiger partial charge in [-0.25, -0.2) is 4.68 Å². The van der Waals surface area contributed by atoms with E-state index >= 15 is 0 Å². The molecule has 4 heteroatoms. The van der Waals surface area contributed by atoms with Gasteiger partial charge in [-0.2, -0.15) is 5.10 Å². The predicted octanol–water partition coefficient (Wildman–Crippen LogP) is 2.35. The maximum absolute atomic E-state index is 4.81. The first kappa shape index (κ1) is 14.3. The molecule has 0 radical (unpaired) electrons. The van der Waals surface area contributed by atoms with Gasteiger partial charge in [0.25, 0.3) is 0 Å². The largest absolute Gasteiger partial charge is 0.304 e. The van der Waals surface area contributed by atoms with Gasteiger partial charge in [-0.15, -0.1) is 0 Å². The monoisotopic (exact) mass is 284 g/mol. The molecule has 0 atom stereocenters. The van der Waals surface area contributed by atoms with E-state index in [2.05, 4.69) is 55.1 Å². The van der Waals surface area contributed by atoms with E-state index in [1.165, 1.54) is 0 Å². The van der Waals surface area contributed by atoms with E-state index in [0.717, 1.165) is 37.6 Å². The van der Waals surface area contributed by atoms with E-state index in [0.29, 0.717) is 0 Å². The van der Waals surface area contributed by atoms with E-state index in [-0.39, 0.29) is 5.54 Å². The highest BCUT2D eigenvalue weighted by molar-refractivity contribution is 5.31. The van der Waals surface area contributed by atoms with Gasteiger partial charge >= 0.3 is 0 Å². The third kappa shape index (κ3) is 2.87. The Kier molecular flexibility index (Phi) is 3.83. The second-order valence-corrected chi connectivity index (χ2v) is 6.33. The molecule has 21 heavy (non-hydrogen) atoms. The molecule has 2 aromatic rings. The Morgan fingerprint density at radius 3 is 2.29 bits per heavy atom. The fraction of sp³-hybridized carbons (Fsp3) is 0.471. The fourth-order valence-corrected chi connectivity index (χ4v) is 2.90. The van der Waals surface area contributed by atoms with Crippen LogP contribution in [-0.4, -0.2) is 52.8 Å². The summed E-state index contributed by atoms with van der Waals surface area (Å²) >= 11 is 0. The third-order valence-corrected chi connectivity index (χ3v) is 4.53. The van der Waals surface area contributed by atoms with E-state index in [1.54, 1.807) is 0 Å². The van der Waals surface area contributed by atoms with E-state index in [1.807, 2.05) is 22.9 Å². The Morgan fingerprint density at radius 1 is 0.952 bits per heavy atom. The molecule has 0 amide bonds. The van der Waals surface area contributed by atoms with Gasteiger partial charge < -0.3 is 4.90 Å². The van der Waals surface area contributed by atoms with Gasteiger partial charge in [0.2, 0.25) is 0 Å². The molecule has 0 aliphatic carbocycles. The maximum atomic E-state index is 4.81. The zero-order chi connectivity index (χ0) is 14.9. The van der Waals surface area contributed by atoms with E-state index in [9.17, 15) is 0 Å². The van der Waals surface area contributed by atoms with Gasteiger partial charge in [-0.1, -0.05) is 18.2 Å². The molecule has 1 saturated heterocycles. The van der Waals surface area contributed by atoms with Crippen LogP contribution >= 0.6 is 0 Å². The minimum Gasteiger partial charge on any atom is -0.304 e. The Bertz CT molecular complexity index is 580. The number of nitrogens with zero attached hydrogens (tertiary/aromatic N) is 4. The minimum atomic E-state index is -0.0265. The van der Waals surface area contributed by atoms with Crippen LogP contribution in [-0.2, 0) is 5.54 Å². The molecule has 1 aliphatic heterocycles. The molecule has 0 N–H and O–H groups in total. The van der Waals surface area contributed by atoms with E-state index in [4.69, 9.17) is 5.10 Å². The van der Waals surface area contributed by atoms with Crippen molar-refractivity contribution < 1.29 is 0 Å². The van der Waals surface area contributed by atoms with Crippen LogP contribution in [0.1, 0.15) is 19.5 Å². The Hall–Kier alpha value is -1.65. The molecule has 2 heterocycles. The van der Waals surface area contributed by atoms with Crippen LogP contribution in [0, 0.1) is 0 Å². The number of likely N-dealkylation sites (N-methyl/N-ethyl adjacent to an activating group) is 1. The fourth-order valence-electron chi connectivity index (χ4n) is 2.90. The van der Waals surface area contributed by atoms with Crippen LogP contribution < -0.4 is 0 Å². The molecule has 1 fully saturated rings. The molecule has 1 aromatic heterocycles. The molecule has 0 unspecified atom stereocenters. The van der Waals surface area contributed by atoms with Crippen LogP contribution in [0.25, 0.3) is 5.69 Å². The van der Waals surface area contributed by atoms with Crippen LogP contribution in [0.2, 0.25) is 0 Å². The second-order valence-electron chi connectivity index (χ2n) is 6.33. The van der Waals surface area contributed by atoms with Gasteiger partial charge in [0.15, 0.2) is 0 Å². The third-order valence-electron chi connectivity index (χ3n) is 4.53. The predicted molar refractivity (Wildman–Crippen MR) is 85.7 cm³/mol. The number of piperazine rings is 1. The highest BCUT2D eigenvalue weighted by Gasteiger charge is 2.32. The molecule has 112 valence electrons. The number of hydrogen-bond acceptors (Lipinski definition) is 3. The summed E-state index contributed by atoms with van der Waals surface area (Å²) in [4.78, 5) is 4.92. The van der Waals surface area contributed by atoms with Gasteiger partial charge in [0.1, 0.15) is 0 Å². The van der Waals surface area contributed by atoms with Crippen LogP contribution in [0.4, 0.5) is 0 Å². The van der Waals surface area contributed by atoms with Crippen LogP contribution in [0.15, 0.2) is 42.6 Å². The summed E-state index contributed by atoms with van der Waals surface area (Å²) in [5, 5.41) is 4.81. The Morgan fingerprint density at radius 2 is 1.62 bits per heavy atom. The topological polar surface area (TPSA) is 24.3 Å². The SMILES string of the molecule is CN1CCN(C(C)(C)c2ccn(-c3ccccc3)n2)CC1. The highest BCUT2D eigenvalue weighted by Crippen LogP contribution is 2.27. The molecular weight excluding hydrogens is 260 g/mol. The average molecular weight is 284 g/mol. The molecular formula is C17H24N4. The van der Waals surface area contributed by atoms with E-state index < -0.39 is 0 Å². The summed E-state index contributed by atoms with van der Waals surface area (Å²) in [6.45, 7) is 9.00. The summed E-state index contributed by atoms with van der Waals surface area (Å²) < 4.78 is 1.97. The summed E-state index contributed by atoms with van der Waals surface area (Å²) in [6.07, 6.45) is 2.06. The van der Waals surface area contributed by atoms with Gasteiger partial charge in [-0.3, -0.25) is 4.90 Å².